The van der Waals surface area contributed by atoms with Gasteiger partial charge in [-0.1, -0.05) is 54.6 Å². The van der Waals surface area contributed by atoms with Crippen LogP contribution in [-0.4, -0.2) is 26.6 Å². The van der Waals surface area contributed by atoms with Crippen LogP contribution in [-0.2, 0) is 17.8 Å². The average molecular weight is 457 g/mol. The fourth-order valence-corrected chi connectivity index (χ4v) is 4.47. The molecule has 0 unspecified atom stereocenters. The molecule has 1 aliphatic rings. The number of rotatable bonds is 6. The lowest BCUT2D eigenvalue weighted by Crippen LogP contribution is -2.30. The fraction of sp³-hybridized carbons (Fsp3) is 0.0800. The maximum Gasteiger partial charge on any atom is 0.329 e. The van der Waals surface area contributed by atoms with Crippen LogP contribution in [0.1, 0.15) is 21.7 Å². The number of nitrogens with one attached hydrogen (secondary N) is 2. The number of carbonyl (C=O) groups excluding carboxylic acids is 2. The molecule has 0 radical (unpaired) electrons. The zero-order valence-corrected chi connectivity index (χ0v) is 18.3. The van der Waals surface area contributed by atoms with Gasteiger partial charge in [0.05, 0.1) is 23.5 Å². The molecule has 2 aromatic carbocycles. The van der Waals surface area contributed by atoms with Gasteiger partial charge < -0.3 is 5.32 Å². The van der Waals surface area contributed by atoms with E-state index in [2.05, 4.69) is 10.4 Å². The molecule has 8 heteroatoms. The summed E-state index contributed by atoms with van der Waals surface area (Å²) in [5.41, 5.74) is 2.34. The summed E-state index contributed by atoms with van der Waals surface area (Å²) < 4.78 is 1.46. The number of imide groups is 1. The van der Waals surface area contributed by atoms with Gasteiger partial charge in [-0.15, -0.1) is 11.3 Å². The average Bonchev–Trinajstić information content (AvgIpc) is 3.52. The Balaban J connectivity index is 1.52. The lowest BCUT2D eigenvalue weighted by atomic mass is 10.1. The molecule has 0 atom stereocenters. The monoisotopic (exact) mass is 456 g/mol. The number of benzene rings is 2. The number of nitrogens with zero attached hydrogens (tertiary/aromatic N) is 2. The van der Waals surface area contributed by atoms with E-state index in [-0.39, 0.29) is 17.8 Å². The van der Waals surface area contributed by atoms with Crippen molar-refractivity contribution in [3.8, 4) is 5.69 Å². The van der Waals surface area contributed by atoms with Crippen LogP contribution in [0.15, 0.2) is 88.7 Å². The third kappa shape index (κ3) is 4.16. The van der Waals surface area contributed by atoms with Crippen molar-refractivity contribution in [1.29, 1.82) is 0 Å². The summed E-state index contributed by atoms with van der Waals surface area (Å²) in [6.07, 6.45) is 1.98. The molecule has 5 rings (SSSR count). The molecule has 1 fully saturated rings. The zero-order chi connectivity index (χ0) is 22.8. The lowest BCUT2D eigenvalue weighted by Gasteiger charge is -2.11. The zero-order valence-electron chi connectivity index (χ0n) is 17.5. The first-order valence-corrected chi connectivity index (χ1v) is 11.3. The molecular weight excluding hydrogens is 436 g/mol. The van der Waals surface area contributed by atoms with Crippen molar-refractivity contribution in [2.45, 2.75) is 13.0 Å². The molecule has 2 N–H and O–H groups in total. The van der Waals surface area contributed by atoms with E-state index in [4.69, 9.17) is 0 Å². The van der Waals surface area contributed by atoms with Crippen molar-refractivity contribution < 1.29 is 9.59 Å². The standard InChI is InChI=1S/C25H20N4O3S/c30-23-20(15-22-24(31)28(25(32)26-22)16-17-8-3-1-4-9-17)21(14-19-12-7-13-33-19)27-29(23)18-10-5-2-6-11-18/h1-13,15,27H,14,16H2,(H,26,32)/b22-15-. The van der Waals surface area contributed by atoms with E-state index in [0.717, 1.165) is 15.3 Å². The lowest BCUT2D eigenvalue weighted by molar-refractivity contribution is -0.123. The molecule has 3 heterocycles. The Morgan fingerprint density at radius 2 is 1.61 bits per heavy atom. The number of hydrogen-bond acceptors (Lipinski definition) is 4. The molecule has 33 heavy (non-hydrogen) atoms. The van der Waals surface area contributed by atoms with Crippen molar-refractivity contribution >= 4 is 29.4 Å². The molecule has 1 saturated heterocycles. The van der Waals surface area contributed by atoms with Crippen LogP contribution in [0.2, 0.25) is 0 Å². The first-order valence-electron chi connectivity index (χ1n) is 10.4. The summed E-state index contributed by atoms with van der Waals surface area (Å²) in [6, 6.07) is 22.0. The van der Waals surface area contributed by atoms with Crippen molar-refractivity contribution in [3.63, 3.8) is 0 Å². The molecule has 3 amide bonds. The summed E-state index contributed by atoms with van der Waals surface area (Å²) >= 11 is 1.59. The van der Waals surface area contributed by atoms with Gasteiger partial charge >= 0.3 is 6.03 Å². The van der Waals surface area contributed by atoms with E-state index >= 15 is 0 Å². The van der Waals surface area contributed by atoms with Crippen LogP contribution in [0, 0.1) is 0 Å². The van der Waals surface area contributed by atoms with Gasteiger partial charge in [0.2, 0.25) is 0 Å². The predicted molar refractivity (Wildman–Crippen MR) is 127 cm³/mol. The van der Waals surface area contributed by atoms with Gasteiger partial charge in [-0.05, 0) is 35.2 Å². The van der Waals surface area contributed by atoms with Crippen LogP contribution in [0.25, 0.3) is 11.8 Å². The number of urea groups is 1. The summed E-state index contributed by atoms with van der Waals surface area (Å²) in [4.78, 5) is 41.0. The Kier molecular flexibility index (Phi) is 5.50. The summed E-state index contributed by atoms with van der Waals surface area (Å²) in [7, 11) is 0. The van der Waals surface area contributed by atoms with Gasteiger partial charge in [-0.25, -0.2) is 9.48 Å². The Hall–Kier alpha value is -4.17. The second-order valence-corrected chi connectivity index (χ2v) is 8.63. The summed E-state index contributed by atoms with van der Waals surface area (Å²) in [5, 5.41) is 7.78. The van der Waals surface area contributed by atoms with E-state index in [0.29, 0.717) is 23.4 Å². The number of hydrogen-bond donors (Lipinski definition) is 2. The number of H-pyrrole nitrogens is 1. The minimum Gasteiger partial charge on any atom is -0.303 e. The molecule has 0 bridgehead atoms. The first-order chi connectivity index (χ1) is 16.1. The molecule has 0 saturated carbocycles. The quantitative estimate of drug-likeness (QED) is 0.341. The van der Waals surface area contributed by atoms with E-state index in [1.54, 1.807) is 11.3 Å². The van der Waals surface area contributed by atoms with Crippen LogP contribution in [0.3, 0.4) is 0 Å². The van der Waals surface area contributed by atoms with E-state index < -0.39 is 11.9 Å². The van der Waals surface area contributed by atoms with E-state index in [9.17, 15) is 14.4 Å². The fourth-order valence-electron chi connectivity index (χ4n) is 3.75. The van der Waals surface area contributed by atoms with Crippen molar-refractivity contribution in [3.05, 3.63) is 116 Å². The SMILES string of the molecule is O=C1N/C(=C\c2c(Cc3cccs3)[nH]n(-c3ccccc3)c2=O)C(=O)N1Cc1ccccc1. The van der Waals surface area contributed by atoms with Crippen molar-refractivity contribution in [2.75, 3.05) is 0 Å². The molecule has 7 nitrogen and oxygen atoms in total. The predicted octanol–water partition coefficient (Wildman–Crippen LogP) is 3.91. The van der Waals surface area contributed by atoms with E-state index in [1.165, 1.54) is 10.8 Å². The second kappa shape index (κ2) is 8.76. The highest BCUT2D eigenvalue weighted by molar-refractivity contribution is 7.09. The van der Waals surface area contributed by atoms with E-state index in [1.807, 2.05) is 78.2 Å². The van der Waals surface area contributed by atoms with Gasteiger partial charge in [0.15, 0.2) is 0 Å². The van der Waals surface area contributed by atoms with Gasteiger partial charge in [-0.2, -0.15) is 0 Å². The first kappa shape index (κ1) is 20.7. The second-order valence-electron chi connectivity index (χ2n) is 7.60. The Morgan fingerprint density at radius 3 is 2.30 bits per heavy atom. The largest absolute Gasteiger partial charge is 0.329 e. The van der Waals surface area contributed by atoms with Crippen LogP contribution >= 0.6 is 11.3 Å². The highest BCUT2D eigenvalue weighted by atomic mass is 32.1. The molecule has 1 aliphatic heterocycles. The van der Waals surface area contributed by atoms with Gasteiger partial charge in [0.1, 0.15) is 5.70 Å². The number of aromatic amines is 1. The van der Waals surface area contributed by atoms with Gasteiger partial charge in [0, 0.05) is 11.3 Å². The highest BCUT2D eigenvalue weighted by Crippen LogP contribution is 2.21. The Labute approximate surface area is 193 Å². The van der Waals surface area contributed by atoms with Crippen LogP contribution < -0.4 is 10.9 Å². The minimum absolute atomic E-state index is 0.0830. The number of para-hydroxylation sites is 1. The van der Waals surface area contributed by atoms with Crippen molar-refractivity contribution in [1.82, 2.24) is 20.0 Å². The summed E-state index contributed by atoms with van der Waals surface area (Å²) in [5.74, 6) is -0.460. The maximum atomic E-state index is 13.3. The minimum atomic E-state index is -0.506. The van der Waals surface area contributed by atoms with Crippen LogP contribution in [0.5, 0.6) is 0 Å². The number of carbonyl (C=O) groups is 2. The normalized spacial score (nSPS) is 14.8. The molecule has 0 aliphatic carbocycles. The topological polar surface area (TPSA) is 87.2 Å². The number of amides is 3. The summed E-state index contributed by atoms with van der Waals surface area (Å²) in [6.45, 7) is 0.159. The van der Waals surface area contributed by atoms with Crippen LogP contribution in [0.4, 0.5) is 4.79 Å². The Bertz CT molecular complexity index is 1390. The molecule has 4 aromatic rings. The van der Waals surface area contributed by atoms with Gasteiger partial charge in [0.25, 0.3) is 11.5 Å². The third-order valence-corrected chi connectivity index (χ3v) is 6.26. The van der Waals surface area contributed by atoms with Crippen molar-refractivity contribution in [2.24, 2.45) is 0 Å². The van der Waals surface area contributed by atoms with Gasteiger partial charge in [-0.3, -0.25) is 19.6 Å². The maximum absolute atomic E-state index is 13.3. The highest BCUT2D eigenvalue weighted by Gasteiger charge is 2.34. The molecular formula is C25H20N4O3S. The number of aromatic nitrogens is 2. The molecule has 164 valence electrons. The smallest absolute Gasteiger partial charge is 0.303 e. The Morgan fingerprint density at radius 1 is 0.879 bits per heavy atom. The molecule has 0 spiro atoms. The third-order valence-electron chi connectivity index (χ3n) is 5.39. The molecule has 2 aromatic heterocycles. The number of thiophene rings is 1.